The van der Waals surface area contributed by atoms with Crippen molar-refractivity contribution >= 4 is 34.3 Å². The van der Waals surface area contributed by atoms with Gasteiger partial charge < -0.3 is 10.1 Å². The summed E-state index contributed by atoms with van der Waals surface area (Å²) in [5, 5.41) is 6.74. The molecule has 2 N–H and O–H groups in total. The third-order valence-electron chi connectivity index (χ3n) is 4.43. The Morgan fingerprint density at radius 3 is 2.83 bits per heavy atom. The Hall–Kier alpha value is -3.59. The van der Waals surface area contributed by atoms with E-state index in [1.54, 1.807) is 42.3 Å². The van der Waals surface area contributed by atoms with Gasteiger partial charge in [-0.2, -0.15) is 0 Å². The van der Waals surface area contributed by atoms with Crippen molar-refractivity contribution in [2.24, 2.45) is 0 Å². The molecule has 0 saturated heterocycles. The normalized spacial score (nSPS) is 10.8. The summed E-state index contributed by atoms with van der Waals surface area (Å²) < 4.78 is 11.6. The number of anilines is 1. The van der Waals surface area contributed by atoms with E-state index in [4.69, 9.17) is 9.26 Å². The average Bonchev–Trinajstić information content (AvgIpc) is 3.14. The molecule has 4 aromatic rings. The number of ether oxygens (including phenoxy) is 1. The maximum atomic E-state index is 12.4. The van der Waals surface area contributed by atoms with Gasteiger partial charge >= 0.3 is 10.7 Å². The molecule has 0 saturated carbocycles. The number of carbonyl (C=O) groups excluding carboxylic acids is 1. The van der Waals surface area contributed by atoms with Gasteiger partial charge in [-0.1, -0.05) is 6.07 Å². The minimum Gasteiger partial charge on any atom is -0.497 e. The number of aromatic nitrogens is 3. The predicted molar refractivity (Wildman–Crippen MR) is 113 cm³/mol. The zero-order valence-electron chi connectivity index (χ0n) is 16.1. The first-order valence-electron chi connectivity index (χ1n) is 9.20. The number of aromatic amines is 1. The molecular weight excluding hydrogens is 404 g/mol. The second-order valence-corrected chi connectivity index (χ2v) is 7.43. The van der Waals surface area contributed by atoms with E-state index in [0.717, 1.165) is 16.6 Å². The molecule has 30 heavy (non-hydrogen) atoms. The maximum absolute atomic E-state index is 12.4. The Bertz CT molecular complexity index is 1230. The zero-order chi connectivity index (χ0) is 20.9. The smallest absolute Gasteiger partial charge is 0.442 e. The molecule has 0 aliphatic heterocycles. The van der Waals surface area contributed by atoms with E-state index >= 15 is 0 Å². The lowest BCUT2D eigenvalue weighted by atomic mass is 10.2. The number of nitrogens with one attached hydrogen (secondary N) is 2. The summed E-state index contributed by atoms with van der Waals surface area (Å²) in [7, 11) is 1.59. The predicted octanol–water partition coefficient (Wildman–Crippen LogP) is 2.92. The monoisotopic (exact) mass is 423 g/mol. The highest BCUT2D eigenvalue weighted by Gasteiger charge is 2.24. The lowest BCUT2D eigenvalue weighted by Crippen LogP contribution is -2.36. The quantitative estimate of drug-likeness (QED) is 0.350. The minimum atomic E-state index is -0.489. The van der Waals surface area contributed by atoms with E-state index in [2.05, 4.69) is 15.6 Å². The van der Waals surface area contributed by atoms with Crippen molar-refractivity contribution in [1.29, 1.82) is 0 Å². The van der Waals surface area contributed by atoms with Crippen LogP contribution in [-0.2, 0) is 4.79 Å². The van der Waals surface area contributed by atoms with Crippen LogP contribution in [0.5, 0.6) is 5.75 Å². The number of hydrogen-bond donors (Lipinski definition) is 2. The summed E-state index contributed by atoms with van der Waals surface area (Å²) in [6.45, 7) is 0. The number of pyridine rings is 1. The van der Waals surface area contributed by atoms with Crippen molar-refractivity contribution in [1.82, 2.24) is 10.3 Å². The molecule has 4 rings (SSSR count). The molecule has 0 unspecified atom stereocenters. The zero-order valence-corrected chi connectivity index (χ0v) is 16.9. The van der Waals surface area contributed by atoms with Crippen molar-refractivity contribution in [3.8, 4) is 11.4 Å². The summed E-state index contributed by atoms with van der Waals surface area (Å²) >= 11 is 1.25. The molecule has 2 heterocycles. The minimum absolute atomic E-state index is 0.144. The largest absolute Gasteiger partial charge is 0.497 e. The molecule has 2 aromatic heterocycles. The number of hydrogen-bond acceptors (Lipinski definition) is 6. The molecule has 0 radical (unpaired) electrons. The lowest BCUT2D eigenvalue weighted by molar-refractivity contribution is -0.704. The Kier molecular flexibility index (Phi) is 5.80. The van der Waals surface area contributed by atoms with E-state index in [0.29, 0.717) is 22.2 Å². The summed E-state index contributed by atoms with van der Waals surface area (Å²) in [6, 6.07) is 16.5. The van der Waals surface area contributed by atoms with Crippen LogP contribution in [0.2, 0.25) is 0 Å². The maximum Gasteiger partial charge on any atom is 0.442 e. The van der Waals surface area contributed by atoms with E-state index in [1.165, 1.54) is 11.8 Å². The summed E-state index contributed by atoms with van der Waals surface area (Å²) in [5.74, 6) is 0.975. The van der Waals surface area contributed by atoms with E-state index < -0.39 is 5.63 Å². The first-order chi connectivity index (χ1) is 14.7. The highest BCUT2D eigenvalue weighted by Crippen LogP contribution is 2.22. The van der Waals surface area contributed by atoms with Gasteiger partial charge in [0.15, 0.2) is 0 Å². The highest BCUT2D eigenvalue weighted by atomic mass is 32.2. The molecule has 9 heteroatoms. The third-order valence-corrected chi connectivity index (χ3v) is 5.46. The van der Waals surface area contributed by atoms with E-state index in [9.17, 15) is 9.59 Å². The van der Waals surface area contributed by atoms with Crippen LogP contribution >= 0.6 is 11.8 Å². The van der Waals surface area contributed by atoms with Gasteiger partial charge in [-0.05, 0) is 58.1 Å². The third kappa shape index (κ3) is 4.20. The van der Waals surface area contributed by atoms with Crippen molar-refractivity contribution in [3.05, 3.63) is 71.2 Å². The number of benzene rings is 2. The fourth-order valence-electron chi connectivity index (χ4n) is 2.95. The molecule has 1 amide bonds. The molecule has 0 fully saturated rings. The van der Waals surface area contributed by atoms with Gasteiger partial charge in [0.05, 0.1) is 18.3 Å². The van der Waals surface area contributed by atoms with Crippen LogP contribution in [0.4, 0.5) is 5.69 Å². The van der Waals surface area contributed by atoms with Crippen molar-refractivity contribution in [2.45, 2.75) is 11.4 Å². The van der Waals surface area contributed by atoms with Crippen molar-refractivity contribution in [2.75, 3.05) is 18.2 Å². The van der Waals surface area contributed by atoms with Crippen molar-refractivity contribution < 1.29 is 18.7 Å². The van der Waals surface area contributed by atoms with Crippen molar-refractivity contribution in [3.63, 3.8) is 0 Å². The van der Waals surface area contributed by atoms with Crippen LogP contribution in [0.1, 0.15) is 6.42 Å². The van der Waals surface area contributed by atoms with Crippen LogP contribution in [0, 0.1) is 0 Å². The molecular formula is C21H19N4O4S+. The lowest BCUT2D eigenvalue weighted by Gasteiger charge is -2.07. The number of fused-ring (bicyclic) bond motifs is 1. The van der Waals surface area contributed by atoms with Crippen LogP contribution in [0.25, 0.3) is 16.6 Å². The Morgan fingerprint density at radius 2 is 2.03 bits per heavy atom. The van der Waals surface area contributed by atoms with E-state index in [-0.39, 0.29) is 12.3 Å². The van der Waals surface area contributed by atoms with Crippen LogP contribution in [-0.4, -0.2) is 29.0 Å². The molecule has 0 spiro atoms. The van der Waals surface area contributed by atoms with Crippen LogP contribution in [0.3, 0.4) is 0 Å². The van der Waals surface area contributed by atoms with E-state index in [1.807, 2.05) is 30.3 Å². The summed E-state index contributed by atoms with van der Waals surface area (Å²) in [6.07, 6.45) is 1.94. The van der Waals surface area contributed by atoms with Crippen LogP contribution in [0.15, 0.2) is 75.1 Å². The summed E-state index contributed by atoms with van der Waals surface area (Å²) in [5.41, 5.74) is 1.76. The van der Waals surface area contributed by atoms with Gasteiger partial charge in [0.1, 0.15) is 5.75 Å². The van der Waals surface area contributed by atoms with Gasteiger partial charge in [0.2, 0.25) is 11.6 Å². The SMILES string of the molecule is COc1ccc(-[n+]2[nH]oc(=O)c2SCCC(=O)Nc2cccc3ncccc23)cc1. The topological polar surface area (TPSA) is 101 Å². The fraction of sp³-hybridized carbons (Fsp3) is 0.143. The number of amides is 1. The van der Waals surface area contributed by atoms with Gasteiger partial charge in [0.25, 0.3) is 0 Å². The molecule has 8 nitrogen and oxygen atoms in total. The Balaban J connectivity index is 1.41. The number of methoxy groups -OCH3 is 1. The Labute approximate surface area is 175 Å². The number of nitrogens with zero attached hydrogens (tertiary/aromatic N) is 2. The number of rotatable bonds is 7. The second kappa shape index (κ2) is 8.83. The average molecular weight is 423 g/mol. The Morgan fingerprint density at radius 1 is 1.20 bits per heavy atom. The molecule has 152 valence electrons. The van der Waals surface area contributed by atoms with Gasteiger partial charge in [-0.15, -0.1) is 0 Å². The van der Waals surface area contributed by atoms with Crippen LogP contribution < -0.4 is 20.4 Å². The van der Waals surface area contributed by atoms with Gasteiger partial charge in [0, 0.05) is 35.9 Å². The molecule has 0 atom stereocenters. The second-order valence-electron chi connectivity index (χ2n) is 6.34. The first kappa shape index (κ1) is 19.7. The fourth-order valence-corrected chi connectivity index (χ4v) is 3.87. The molecule has 0 bridgehead atoms. The molecule has 0 aliphatic rings. The first-order valence-corrected chi connectivity index (χ1v) is 10.2. The van der Waals surface area contributed by atoms with Gasteiger partial charge in [-0.3, -0.25) is 14.3 Å². The number of H-pyrrole nitrogens is 1. The highest BCUT2D eigenvalue weighted by molar-refractivity contribution is 7.99. The molecule has 0 aliphatic carbocycles. The number of thioether (sulfide) groups is 1. The molecule has 2 aromatic carbocycles. The van der Waals surface area contributed by atoms with Gasteiger partial charge in [-0.25, -0.2) is 4.79 Å². The number of carbonyl (C=O) groups is 1. The summed E-state index contributed by atoms with van der Waals surface area (Å²) in [4.78, 5) is 28.8. The standard InChI is InChI=1S/C21H18N4O4S/c1-28-15-9-7-14(8-10-15)25-20(21(27)29-24-25)30-13-11-19(26)23-18-6-2-5-17-16(18)4-3-12-22-17/h2-10,12H,11,13H2,1H3,(H-,22,23,24,26,27)/p+1.